The molecule has 1 atom stereocenters. The van der Waals surface area contributed by atoms with Crippen LogP contribution in [0.25, 0.3) is 22.2 Å². The third-order valence-corrected chi connectivity index (χ3v) is 9.08. The van der Waals surface area contributed by atoms with Crippen molar-refractivity contribution in [3.8, 4) is 11.1 Å². The third kappa shape index (κ3) is 7.90. The highest BCUT2D eigenvalue weighted by Crippen LogP contribution is 2.30. The van der Waals surface area contributed by atoms with E-state index in [9.17, 15) is 13.2 Å². The van der Waals surface area contributed by atoms with Crippen LogP contribution in [0, 0.1) is 12.8 Å². The first kappa shape index (κ1) is 33.3. The van der Waals surface area contributed by atoms with E-state index in [0.29, 0.717) is 29.3 Å². The standard InChI is InChI=1S/C34H43N5O3S2/c1-7-10-32-37-33-24(4)18-27(34(40)36-28(21-43)17-23(2)3)19-30(33)39(32)20-25-13-15-26(16-14-25)29-11-8-9-12-31(29)44(41,42)35-22-38(5)6/h8-9,11-16,18-19,22-23,28,43H,7,10,17,20-21H2,1-6H3,(H,36,40)/t28-/m1/s1. The summed E-state index contributed by atoms with van der Waals surface area (Å²) in [5.41, 5.74) is 5.80. The van der Waals surface area contributed by atoms with Crippen molar-refractivity contribution in [2.45, 2.75) is 64.4 Å². The van der Waals surface area contributed by atoms with E-state index in [1.165, 1.54) is 6.34 Å². The number of rotatable bonds is 13. The molecule has 0 saturated heterocycles. The number of nitrogens with one attached hydrogen (secondary N) is 1. The van der Waals surface area contributed by atoms with Crippen LogP contribution in [0.3, 0.4) is 0 Å². The SMILES string of the molecule is CCCc1nc2c(C)cc(C(=O)N[C@@H](CS)CC(C)C)cc2n1Cc1ccc(-c2ccccc2S(=O)(=O)N=CN(C)C)cc1. The summed E-state index contributed by atoms with van der Waals surface area (Å²) in [5, 5.41) is 3.16. The fourth-order valence-electron chi connectivity index (χ4n) is 5.29. The number of imidazole rings is 1. The largest absolute Gasteiger partial charge is 0.368 e. The Morgan fingerprint density at radius 3 is 2.45 bits per heavy atom. The maximum atomic E-state index is 13.3. The van der Waals surface area contributed by atoms with Crippen molar-refractivity contribution < 1.29 is 13.2 Å². The van der Waals surface area contributed by atoms with E-state index in [2.05, 4.69) is 47.7 Å². The molecule has 1 heterocycles. The Morgan fingerprint density at radius 2 is 1.82 bits per heavy atom. The monoisotopic (exact) mass is 633 g/mol. The number of nitrogens with zero attached hydrogens (tertiary/aromatic N) is 4. The molecule has 1 N–H and O–H groups in total. The number of aromatic nitrogens is 2. The van der Waals surface area contributed by atoms with Gasteiger partial charge in [-0.15, -0.1) is 4.40 Å². The Balaban J connectivity index is 1.68. The maximum Gasteiger partial charge on any atom is 0.284 e. The van der Waals surface area contributed by atoms with Crippen molar-refractivity contribution >= 4 is 45.9 Å². The lowest BCUT2D eigenvalue weighted by Crippen LogP contribution is -2.37. The Bertz CT molecular complexity index is 1740. The van der Waals surface area contributed by atoms with Crippen molar-refractivity contribution in [3.63, 3.8) is 0 Å². The van der Waals surface area contributed by atoms with Crippen molar-refractivity contribution in [1.82, 2.24) is 19.8 Å². The van der Waals surface area contributed by atoms with E-state index in [1.807, 2.05) is 49.4 Å². The first-order valence-electron chi connectivity index (χ1n) is 15.0. The number of thiol groups is 1. The normalized spacial score (nSPS) is 12.7. The Labute approximate surface area is 267 Å². The summed E-state index contributed by atoms with van der Waals surface area (Å²) in [6, 6.07) is 18.7. The van der Waals surface area contributed by atoms with Gasteiger partial charge in [-0.3, -0.25) is 4.79 Å². The first-order valence-corrected chi connectivity index (χ1v) is 17.1. The van der Waals surface area contributed by atoms with Gasteiger partial charge in [0.25, 0.3) is 15.9 Å². The highest BCUT2D eigenvalue weighted by molar-refractivity contribution is 7.90. The molecule has 4 rings (SSSR count). The van der Waals surface area contributed by atoms with Crippen molar-refractivity contribution in [2.24, 2.45) is 10.3 Å². The van der Waals surface area contributed by atoms with Crippen molar-refractivity contribution in [3.05, 3.63) is 83.2 Å². The first-order chi connectivity index (χ1) is 20.9. The number of fused-ring (bicyclic) bond motifs is 1. The average molecular weight is 634 g/mol. The number of sulfonamides is 1. The zero-order chi connectivity index (χ0) is 32.0. The molecule has 8 nitrogen and oxygen atoms in total. The topological polar surface area (TPSA) is 96.7 Å². The molecule has 0 aliphatic heterocycles. The Kier molecular flexibility index (Phi) is 10.9. The molecule has 3 aromatic carbocycles. The number of benzene rings is 3. The average Bonchev–Trinajstić information content (AvgIpc) is 3.33. The lowest BCUT2D eigenvalue weighted by atomic mass is 10.0. The van der Waals surface area contributed by atoms with Gasteiger partial charge in [-0.1, -0.05) is 63.2 Å². The van der Waals surface area contributed by atoms with Gasteiger partial charge in [0, 0.05) is 50.0 Å². The molecule has 0 unspecified atom stereocenters. The number of hydrogen-bond acceptors (Lipinski definition) is 5. The minimum absolute atomic E-state index is 0.000758. The smallest absolute Gasteiger partial charge is 0.284 e. The molecule has 0 bridgehead atoms. The summed E-state index contributed by atoms with van der Waals surface area (Å²) in [7, 11) is -0.424. The van der Waals surface area contributed by atoms with Crippen LogP contribution >= 0.6 is 12.6 Å². The molecule has 0 aliphatic carbocycles. The fraction of sp³-hybridized carbons (Fsp3) is 0.382. The van der Waals surface area contributed by atoms with Gasteiger partial charge >= 0.3 is 0 Å². The van der Waals surface area contributed by atoms with Crippen LogP contribution in [0.15, 0.2) is 70.0 Å². The molecule has 10 heteroatoms. The van der Waals surface area contributed by atoms with Gasteiger partial charge in [0.1, 0.15) is 12.2 Å². The van der Waals surface area contributed by atoms with Crippen molar-refractivity contribution in [1.29, 1.82) is 0 Å². The third-order valence-electron chi connectivity index (χ3n) is 7.36. The van der Waals surface area contributed by atoms with E-state index in [1.54, 1.807) is 37.2 Å². The summed E-state index contributed by atoms with van der Waals surface area (Å²) in [4.78, 5) is 20.0. The van der Waals surface area contributed by atoms with E-state index < -0.39 is 10.0 Å². The molecule has 0 fully saturated rings. The quantitative estimate of drug-likeness (QED) is 0.101. The molecule has 234 valence electrons. The number of aryl methyl sites for hydroxylation is 2. The van der Waals surface area contributed by atoms with E-state index in [0.717, 1.165) is 52.8 Å². The molecule has 4 aromatic rings. The zero-order valence-corrected chi connectivity index (χ0v) is 28.1. The molecule has 0 radical (unpaired) electrons. The minimum Gasteiger partial charge on any atom is -0.368 e. The zero-order valence-electron chi connectivity index (χ0n) is 26.4. The van der Waals surface area contributed by atoms with Gasteiger partial charge in [0.2, 0.25) is 0 Å². The summed E-state index contributed by atoms with van der Waals surface area (Å²) < 4.78 is 32.0. The van der Waals surface area contributed by atoms with Crippen molar-refractivity contribution in [2.75, 3.05) is 19.8 Å². The van der Waals surface area contributed by atoms with Gasteiger partial charge in [0.05, 0.1) is 15.9 Å². The fourth-order valence-corrected chi connectivity index (χ4v) is 6.68. The summed E-state index contributed by atoms with van der Waals surface area (Å²) >= 11 is 4.46. The van der Waals surface area contributed by atoms with Crippen LogP contribution in [0.2, 0.25) is 0 Å². The number of amides is 1. The molecule has 0 spiro atoms. The molecular weight excluding hydrogens is 591 g/mol. The van der Waals surface area contributed by atoms with Crippen LogP contribution in [0.4, 0.5) is 0 Å². The lowest BCUT2D eigenvalue weighted by Gasteiger charge is -2.19. The van der Waals surface area contributed by atoms with E-state index in [4.69, 9.17) is 4.98 Å². The molecule has 1 aromatic heterocycles. The molecule has 0 aliphatic rings. The van der Waals surface area contributed by atoms with Gasteiger partial charge in [0.15, 0.2) is 0 Å². The molecule has 44 heavy (non-hydrogen) atoms. The Morgan fingerprint density at radius 1 is 1.11 bits per heavy atom. The highest BCUT2D eigenvalue weighted by Gasteiger charge is 2.20. The van der Waals surface area contributed by atoms with Crippen LogP contribution in [-0.4, -0.2) is 61.0 Å². The lowest BCUT2D eigenvalue weighted by molar-refractivity contribution is 0.0937. The van der Waals surface area contributed by atoms with Gasteiger partial charge in [-0.05, 0) is 60.6 Å². The van der Waals surface area contributed by atoms with Gasteiger partial charge in [-0.25, -0.2) is 4.98 Å². The van der Waals surface area contributed by atoms with Gasteiger partial charge < -0.3 is 14.8 Å². The van der Waals surface area contributed by atoms with E-state index in [-0.39, 0.29) is 16.8 Å². The summed E-state index contributed by atoms with van der Waals surface area (Å²) in [6.07, 6.45) is 3.90. The van der Waals surface area contributed by atoms with E-state index >= 15 is 0 Å². The second-order valence-corrected chi connectivity index (χ2v) is 13.8. The van der Waals surface area contributed by atoms with Crippen LogP contribution in [0.5, 0.6) is 0 Å². The number of carbonyl (C=O) groups excluding carboxylic acids is 1. The Hall–Kier alpha value is -3.63. The van der Waals surface area contributed by atoms with Crippen LogP contribution in [-0.2, 0) is 23.0 Å². The minimum atomic E-state index is -3.87. The maximum absolute atomic E-state index is 13.3. The predicted octanol–water partition coefficient (Wildman–Crippen LogP) is 6.37. The number of carbonyl (C=O) groups is 1. The second kappa shape index (κ2) is 14.4. The predicted molar refractivity (Wildman–Crippen MR) is 183 cm³/mol. The summed E-state index contributed by atoms with van der Waals surface area (Å²) in [6.45, 7) is 8.97. The second-order valence-electron chi connectivity index (χ2n) is 11.9. The molecule has 0 saturated carbocycles. The highest BCUT2D eigenvalue weighted by atomic mass is 32.2. The summed E-state index contributed by atoms with van der Waals surface area (Å²) in [5.74, 6) is 1.90. The molecule has 1 amide bonds. The number of hydrogen-bond donors (Lipinski definition) is 2. The van der Waals surface area contributed by atoms with Gasteiger partial charge in [-0.2, -0.15) is 21.0 Å². The van der Waals surface area contributed by atoms with Crippen LogP contribution in [0.1, 0.15) is 60.9 Å². The molecular formula is C34H43N5O3S2. The van der Waals surface area contributed by atoms with Crippen LogP contribution < -0.4 is 5.32 Å².